The second-order valence-corrected chi connectivity index (χ2v) is 11.5. The van der Waals surface area contributed by atoms with Crippen LogP contribution in [-0.2, 0) is 24.1 Å². The van der Waals surface area contributed by atoms with Gasteiger partial charge in [0.1, 0.15) is 18.2 Å². The number of carbonyl (C=O) groups excluding carboxylic acids is 1. The number of amides is 1. The van der Waals surface area contributed by atoms with Gasteiger partial charge in [0.05, 0.1) is 12.8 Å². The minimum atomic E-state index is -0.00338. The Balaban J connectivity index is 1.26. The average Bonchev–Trinajstić information content (AvgIpc) is 3.42. The van der Waals surface area contributed by atoms with Crippen molar-refractivity contribution in [3.8, 4) is 11.8 Å². The van der Waals surface area contributed by atoms with Gasteiger partial charge in [-0.25, -0.2) is 0 Å². The second-order valence-electron chi connectivity index (χ2n) is 11.5. The van der Waals surface area contributed by atoms with E-state index in [0.29, 0.717) is 37.8 Å². The van der Waals surface area contributed by atoms with Crippen LogP contribution < -0.4 is 19.3 Å². The molecule has 4 aliphatic rings. The summed E-state index contributed by atoms with van der Waals surface area (Å²) >= 11 is 0. The summed E-state index contributed by atoms with van der Waals surface area (Å²) in [7, 11) is 3.90. The van der Waals surface area contributed by atoms with Crippen molar-refractivity contribution in [2.45, 2.75) is 57.0 Å². The van der Waals surface area contributed by atoms with Gasteiger partial charge < -0.3 is 29.1 Å². The Bertz CT molecular complexity index is 1240. The molecule has 214 valence electrons. The Morgan fingerprint density at radius 1 is 1.07 bits per heavy atom. The SMILES string of the molecule is C=CC(=O)N1CCN(c2nc(OC[C@@H]3CCCN3C)nc3c2CCC(N2CCCc4cc(OC)ccc42)C3)CC1. The van der Waals surface area contributed by atoms with Crippen molar-refractivity contribution in [3.05, 3.63) is 47.7 Å². The van der Waals surface area contributed by atoms with Crippen molar-refractivity contribution in [2.24, 2.45) is 0 Å². The molecule has 2 atom stereocenters. The first-order valence-electron chi connectivity index (χ1n) is 14.9. The Hall–Kier alpha value is -3.33. The minimum absolute atomic E-state index is 0.00338. The number of fused-ring (bicyclic) bond motifs is 2. The number of anilines is 2. The fourth-order valence-electron chi connectivity index (χ4n) is 6.89. The minimum Gasteiger partial charge on any atom is -0.497 e. The van der Waals surface area contributed by atoms with E-state index in [9.17, 15) is 4.79 Å². The van der Waals surface area contributed by atoms with Crippen LogP contribution >= 0.6 is 0 Å². The van der Waals surface area contributed by atoms with E-state index in [1.54, 1.807) is 7.11 Å². The van der Waals surface area contributed by atoms with E-state index in [-0.39, 0.29) is 5.91 Å². The monoisotopic (exact) mass is 546 g/mol. The molecule has 9 nitrogen and oxygen atoms in total. The highest BCUT2D eigenvalue weighted by atomic mass is 16.5. The summed E-state index contributed by atoms with van der Waals surface area (Å²) in [6.07, 6.45) is 8.88. The van der Waals surface area contributed by atoms with Crippen molar-refractivity contribution in [2.75, 3.05) is 69.8 Å². The van der Waals surface area contributed by atoms with Gasteiger partial charge in [0, 0.05) is 62.5 Å². The smallest absolute Gasteiger partial charge is 0.318 e. The van der Waals surface area contributed by atoms with Crippen LogP contribution in [-0.4, -0.2) is 97.8 Å². The van der Waals surface area contributed by atoms with Crippen molar-refractivity contribution in [1.82, 2.24) is 19.8 Å². The van der Waals surface area contributed by atoms with Gasteiger partial charge in [-0.1, -0.05) is 6.58 Å². The number of nitrogens with zero attached hydrogens (tertiary/aromatic N) is 6. The van der Waals surface area contributed by atoms with E-state index in [1.165, 1.54) is 29.3 Å². The van der Waals surface area contributed by atoms with E-state index < -0.39 is 0 Å². The Morgan fingerprint density at radius 3 is 2.67 bits per heavy atom. The zero-order valence-electron chi connectivity index (χ0n) is 24.0. The molecule has 0 radical (unpaired) electrons. The van der Waals surface area contributed by atoms with Gasteiger partial charge in [-0.05, 0) is 82.0 Å². The van der Waals surface area contributed by atoms with Crippen LogP contribution in [0.2, 0.25) is 0 Å². The van der Waals surface area contributed by atoms with Crippen LogP contribution in [0.4, 0.5) is 11.5 Å². The molecule has 1 amide bonds. The van der Waals surface area contributed by atoms with Gasteiger partial charge in [0.25, 0.3) is 0 Å². The quantitative estimate of drug-likeness (QED) is 0.491. The first-order valence-corrected chi connectivity index (χ1v) is 14.9. The predicted molar refractivity (Wildman–Crippen MR) is 157 cm³/mol. The zero-order chi connectivity index (χ0) is 27.6. The predicted octanol–water partition coefficient (Wildman–Crippen LogP) is 3.10. The molecule has 3 aliphatic heterocycles. The van der Waals surface area contributed by atoms with Gasteiger partial charge >= 0.3 is 6.01 Å². The molecule has 4 heterocycles. The molecule has 1 aromatic carbocycles. The Labute approximate surface area is 237 Å². The third-order valence-electron chi connectivity index (χ3n) is 9.23. The van der Waals surface area contributed by atoms with E-state index in [2.05, 4.69) is 46.5 Å². The number of hydrogen-bond acceptors (Lipinski definition) is 8. The van der Waals surface area contributed by atoms with Gasteiger partial charge in [-0.3, -0.25) is 4.79 Å². The van der Waals surface area contributed by atoms with E-state index >= 15 is 0 Å². The standard InChI is InChI=1S/C31H42N6O3/c1-4-29(38)35-15-17-36(18-16-35)30-26-11-9-23(37-14-5-7-22-19-25(39-3)10-12-28(22)37)20-27(26)32-31(33-30)40-21-24-8-6-13-34(24)2/h4,10,12,19,23-24H,1,5-9,11,13-18,20-21H2,2-3H3/t23?,24-/m0/s1. The van der Waals surface area contributed by atoms with Gasteiger partial charge in [0.2, 0.25) is 5.91 Å². The third-order valence-corrected chi connectivity index (χ3v) is 9.23. The number of benzene rings is 1. The molecule has 2 saturated heterocycles. The lowest BCUT2D eigenvalue weighted by Gasteiger charge is -2.41. The summed E-state index contributed by atoms with van der Waals surface area (Å²) in [5.41, 5.74) is 5.06. The van der Waals surface area contributed by atoms with Crippen LogP contribution in [0.1, 0.15) is 42.5 Å². The maximum absolute atomic E-state index is 12.2. The summed E-state index contributed by atoms with van der Waals surface area (Å²) < 4.78 is 11.8. The number of likely N-dealkylation sites (tertiary alicyclic amines) is 1. The molecule has 9 heteroatoms. The molecule has 1 unspecified atom stereocenters. The molecular formula is C31H42N6O3. The lowest BCUT2D eigenvalue weighted by atomic mass is 9.88. The molecule has 2 aromatic rings. The van der Waals surface area contributed by atoms with Gasteiger partial charge in [-0.15, -0.1) is 0 Å². The summed E-state index contributed by atoms with van der Waals surface area (Å²) in [6, 6.07) is 7.79. The normalized spacial score (nSPS) is 23.0. The molecular weight excluding hydrogens is 504 g/mol. The van der Waals surface area contributed by atoms with Crippen LogP contribution in [0, 0.1) is 0 Å². The van der Waals surface area contributed by atoms with Crippen molar-refractivity contribution in [1.29, 1.82) is 0 Å². The molecule has 0 N–H and O–H groups in total. The first-order chi connectivity index (χ1) is 19.5. The van der Waals surface area contributed by atoms with Crippen molar-refractivity contribution in [3.63, 3.8) is 0 Å². The van der Waals surface area contributed by atoms with E-state index in [4.69, 9.17) is 19.4 Å². The molecule has 1 aromatic heterocycles. The summed E-state index contributed by atoms with van der Waals surface area (Å²) in [6.45, 7) is 9.28. The lowest BCUT2D eigenvalue weighted by Crippen LogP contribution is -2.49. The second kappa shape index (κ2) is 11.6. The molecule has 0 spiro atoms. The molecule has 1 aliphatic carbocycles. The number of aryl methyl sites for hydroxylation is 1. The average molecular weight is 547 g/mol. The van der Waals surface area contributed by atoms with Gasteiger partial charge in [0.15, 0.2) is 0 Å². The van der Waals surface area contributed by atoms with E-state index in [1.807, 2.05) is 4.90 Å². The highest BCUT2D eigenvalue weighted by molar-refractivity contribution is 5.87. The number of methoxy groups -OCH3 is 1. The Kier molecular flexibility index (Phi) is 7.82. The van der Waals surface area contributed by atoms with Gasteiger partial charge in [-0.2, -0.15) is 9.97 Å². The lowest BCUT2D eigenvalue weighted by molar-refractivity contribution is -0.126. The number of aromatic nitrogens is 2. The highest BCUT2D eigenvalue weighted by Gasteiger charge is 2.33. The molecule has 6 rings (SSSR count). The molecule has 0 bridgehead atoms. The largest absolute Gasteiger partial charge is 0.497 e. The maximum Gasteiger partial charge on any atom is 0.318 e. The van der Waals surface area contributed by atoms with Crippen molar-refractivity contribution < 1.29 is 14.3 Å². The molecule has 2 fully saturated rings. The van der Waals surface area contributed by atoms with Crippen LogP contribution in [0.5, 0.6) is 11.8 Å². The highest BCUT2D eigenvalue weighted by Crippen LogP contribution is 2.37. The first kappa shape index (κ1) is 26.9. The fourth-order valence-corrected chi connectivity index (χ4v) is 6.89. The Morgan fingerprint density at radius 2 is 1.93 bits per heavy atom. The zero-order valence-corrected chi connectivity index (χ0v) is 24.0. The van der Waals surface area contributed by atoms with Crippen LogP contribution in [0.3, 0.4) is 0 Å². The number of carbonyl (C=O) groups is 1. The number of piperazine rings is 1. The summed E-state index contributed by atoms with van der Waals surface area (Å²) in [5, 5.41) is 0. The fraction of sp³-hybridized carbons (Fsp3) is 0.581. The third kappa shape index (κ3) is 5.36. The number of likely N-dealkylation sites (N-methyl/N-ethyl adjacent to an activating group) is 1. The maximum atomic E-state index is 12.2. The van der Waals surface area contributed by atoms with Crippen molar-refractivity contribution >= 4 is 17.4 Å². The molecule has 0 saturated carbocycles. The summed E-state index contributed by atoms with van der Waals surface area (Å²) in [4.78, 5) is 31.4. The van der Waals surface area contributed by atoms with Crippen LogP contribution in [0.15, 0.2) is 30.9 Å². The van der Waals surface area contributed by atoms with Crippen LogP contribution in [0.25, 0.3) is 0 Å². The number of ether oxygens (including phenoxy) is 2. The number of hydrogen-bond donors (Lipinski definition) is 0. The number of rotatable bonds is 7. The summed E-state index contributed by atoms with van der Waals surface area (Å²) in [5.74, 6) is 1.92. The topological polar surface area (TPSA) is 74.3 Å². The molecule has 40 heavy (non-hydrogen) atoms. The van der Waals surface area contributed by atoms with E-state index in [0.717, 1.165) is 82.0 Å².